The molecule has 0 heterocycles. The minimum absolute atomic E-state index is 0.0777. The molecule has 0 spiro atoms. The first-order chi connectivity index (χ1) is 28.5. The zero-order valence-corrected chi connectivity index (χ0v) is 38.6. The third-order valence-corrected chi connectivity index (χ3v) is 10.9. The third kappa shape index (κ3) is 44.7. The van der Waals surface area contributed by atoms with Crippen molar-refractivity contribution in [3.8, 4) is 0 Å². The highest BCUT2D eigenvalue weighted by Gasteiger charge is 2.19. The summed E-state index contributed by atoms with van der Waals surface area (Å²) in [6.07, 6.45) is 54.1. The van der Waals surface area contributed by atoms with Gasteiger partial charge < -0.3 is 14.2 Å². The molecule has 1 atom stereocenters. The second-order valence-electron chi connectivity index (χ2n) is 16.7. The Labute approximate surface area is 359 Å². The third-order valence-electron chi connectivity index (χ3n) is 10.9. The number of hydrogen-bond acceptors (Lipinski definition) is 6. The predicted molar refractivity (Wildman–Crippen MR) is 247 cm³/mol. The van der Waals surface area contributed by atoms with Crippen molar-refractivity contribution in [1.82, 2.24) is 0 Å². The SMILES string of the molecule is CCCCC/C=C\C/C=C\CCCCCCCC(=O)OCC(COC(=O)CCCCCCCCCCCC)OC(=O)CCCCCCC/C=C\CCCCCCCC. The molecule has 0 bridgehead atoms. The average molecular weight is 815 g/mol. The monoisotopic (exact) mass is 815 g/mol. The number of unbranched alkanes of at least 4 members (excludes halogenated alkanes) is 28. The van der Waals surface area contributed by atoms with Gasteiger partial charge in [-0.05, 0) is 77.0 Å². The largest absolute Gasteiger partial charge is 0.462 e. The van der Waals surface area contributed by atoms with Gasteiger partial charge in [-0.1, -0.05) is 198 Å². The summed E-state index contributed by atoms with van der Waals surface area (Å²) in [5, 5.41) is 0. The lowest BCUT2D eigenvalue weighted by Gasteiger charge is -2.18. The quantitative estimate of drug-likeness (QED) is 0.0264. The van der Waals surface area contributed by atoms with Crippen molar-refractivity contribution in [2.45, 2.75) is 264 Å². The summed E-state index contributed by atoms with van der Waals surface area (Å²) in [6.45, 7) is 6.58. The molecule has 1 unspecified atom stereocenters. The molecule has 0 aromatic rings. The molecule has 0 N–H and O–H groups in total. The molecule has 0 aliphatic heterocycles. The smallest absolute Gasteiger partial charge is 0.306 e. The standard InChI is InChI=1S/C52H94O6/c1-4-7-10-13-16-19-22-24-26-28-30-33-36-39-42-45-51(54)57-48-49(47-56-50(53)44-41-38-35-32-21-18-15-12-9-6-3)58-52(55)46-43-40-37-34-31-29-27-25-23-20-17-14-11-8-5-2/h16,19,24-27,49H,4-15,17-18,20-23,28-48H2,1-3H3/b19-16-,26-24-,27-25-. The average Bonchev–Trinajstić information content (AvgIpc) is 3.22. The van der Waals surface area contributed by atoms with Crippen LogP contribution in [0.3, 0.4) is 0 Å². The van der Waals surface area contributed by atoms with Crippen LogP contribution in [0.2, 0.25) is 0 Å². The van der Waals surface area contributed by atoms with Gasteiger partial charge in [0, 0.05) is 19.3 Å². The molecule has 0 saturated heterocycles. The van der Waals surface area contributed by atoms with Gasteiger partial charge in [0.25, 0.3) is 0 Å². The van der Waals surface area contributed by atoms with Gasteiger partial charge in [-0.3, -0.25) is 14.4 Å². The Bertz CT molecular complexity index is 984. The van der Waals surface area contributed by atoms with E-state index in [1.165, 1.54) is 135 Å². The Morgan fingerprint density at radius 3 is 1.00 bits per heavy atom. The number of hydrogen-bond donors (Lipinski definition) is 0. The second-order valence-corrected chi connectivity index (χ2v) is 16.7. The zero-order valence-electron chi connectivity index (χ0n) is 38.6. The molecular weight excluding hydrogens is 721 g/mol. The van der Waals surface area contributed by atoms with Crippen molar-refractivity contribution in [2.75, 3.05) is 13.2 Å². The van der Waals surface area contributed by atoms with Gasteiger partial charge in [-0.25, -0.2) is 0 Å². The van der Waals surface area contributed by atoms with Crippen molar-refractivity contribution in [2.24, 2.45) is 0 Å². The Morgan fingerprint density at radius 2 is 0.621 bits per heavy atom. The highest BCUT2D eigenvalue weighted by Crippen LogP contribution is 2.14. The van der Waals surface area contributed by atoms with Gasteiger partial charge in [-0.2, -0.15) is 0 Å². The number of allylic oxidation sites excluding steroid dienone is 6. The van der Waals surface area contributed by atoms with Gasteiger partial charge in [0.05, 0.1) is 0 Å². The second kappa shape index (κ2) is 47.3. The molecule has 0 aromatic heterocycles. The van der Waals surface area contributed by atoms with E-state index < -0.39 is 6.10 Å². The first kappa shape index (κ1) is 55.6. The van der Waals surface area contributed by atoms with Gasteiger partial charge in [0.15, 0.2) is 6.10 Å². The van der Waals surface area contributed by atoms with E-state index in [4.69, 9.17) is 14.2 Å². The minimum atomic E-state index is -0.777. The summed E-state index contributed by atoms with van der Waals surface area (Å²) in [4.78, 5) is 37.8. The molecule has 0 aromatic carbocycles. The highest BCUT2D eigenvalue weighted by molar-refractivity contribution is 5.71. The summed E-state index contributed by atoms with van der Waals surface area (Å²) in [6, 6.07) is 0. The fourth-order valence-electron chi connectivity index (χ4n) is 7.05. The molecule has 0 amide bonds. The number of carbonyl (C=O) groups is 3. The summed E-state index contributed by atoms with van der Waals surface area (Å²) in [5.74, 6) is -0.895. The van der Waals surface area contributed by atoms with E-state index in [0.29, 0.717) is 19.3 Å². The Kier molecular flexibility index (Phi) is 45.4. The molecule has 58 heavy (non-hydrogen) atoms. The topological polar surface area (TPSA) is 78.9 Å². The van der Waals surface area contributed by atoms with Crippen LogP contribution in [0.25, 0.3) is 0 Å². The van der Waals surface area contributed by atoms with E-state index in [2.05, 4.69) is 57.2 Å². The fraction of sp³-hybridized carbons (Fsp3) is 0.827. The lowest BCUT2D eigenvalue weighted by molar-refractivity contribution is -0.167. The van der Waals surface area contributed by atoms with Crippen LogP contribution in [-0.2, 0) is 28.6 Å². The van der Waals surface area contributed by atoms with Gasteiger partial charge in [0.1, 0.15) is 13.2 Å². The first-order valence-corrected chi connectivity index (χ1v) is 25.0. The van der Waals surface area contributed by atoms with Gasteiger partial charge >= 0.3 is 17.9 Å². The number of ether oxygens (including phenoxy) is 3. The number of esters is 3. The highest BCUT2D eigenvalue weighted by atomic mass is 16.6. The Balaban J connectivity index is 4.38. The van der Waals surface area contributed by atoms with Crippen LogP contribution in [0.5, 0.6) is 0 Å². The van der Waals surface area contributed by atoms with Gasteiger partial charge in [-0.15, -0.1) is 0 Å². The lowest BCUT2D eigenvalue weighted by Crippen LogP contribution is -2.30. The number of rotatable bonds is 45. The molecule has 6 nitrogen and oxygen atoms in total. The van der Waals surface area contributed by atoms with Crippen LogP contribution >= 0.6 is 0 Å². The van der Waals surface area contributed by atoms with Crippen LogP contribution in [0.1, 0.15) is 258 Å². The number of carbonyl (C=O) groups excluding carboxylic acids is 3. The fourth-order valence-corrected chi connectivity index (χ4v) is 7.05. The van der Waals surface area contributed by atoms with E-state index in [1.54, 1.807) is 0 Å². The summed E-state index contributed by atoms with van der Waals surface area (Å²) in [7, 11) is 0. The van der Waals surface area contributed by atoms with Crippen molar-refractivity contribution in [3.05, 3.63) is 36.5 Å². The van der Waals surface area contributed by atoms with E-state index in [1.807, 2.05) is 0 Å². The summed E-state index contributed by atoms with van der Waals surface area (Å²) < 4.78 is 16.7. The molecular formula is C52H94O6. The molecule has 0 aliphatic rings. The van der Waals surface area contributed by atoms with Crippen molar-refractivity contribution in [3.63, 3.8) is 0 Å². The van der Waals surface area contributed by atoms with Crippen LogP contribution in [0.15, 0.2) is 36.5 Å². The van der Waals surface area contributed by atoms with E-state index in [9.17, 15) is 14.4 Å². The van der Waals surface area contributed by atoms with Crippen molar-refractivity contribution < 1.29 is 28.6 Å². The van der Waals surface area contributed by atoms with Gasteiger partial charge in [0.2, 0.25) is 0 Å². The minimum Gasteiger partial charge on any atom is -0.462 e. The molecule has 0 aliphatic carbocycles. The Hall–Kier alpha value is -2.37. The maximum atomic E-state index is 12.8. The molecule has 0 rings (SSSR count). The normalized spacial score (nSPS) is 12.3. The van der Waals surface area contributed by atoms with Crippen LogP contribution in [0.4, 0.5) is 0 Å². The van der Waals surface area contributed by atoms with E-state index >= 15 is 0 Å². The van der Waals surface area contributed by atoms with Crippen molar-refractivity contribution in [1.29, 1.82) is 0 Å². The maximum Gasteiger partial charge on any atom is 0.306 e. The molecule has 6 heteroatoms. The molecule has 0 saturated carbocycles. The zero-order chi connectivity index (χ0) is 42.3. The predicted octanol–water partition coefficient (Wildman–Crippen LogP) is 16.1. The van der Waals surface area contributed by atoms with Crippen LogP contribution < -0.4 is 0 Å². The van der Waals surface area contributed by atoms with E-state index in [-0.39, 0.29) is 31.1 Å². The Morgan fingerprint density at radius 1 is 0.345 bits per heavy atom. The summed E-state index contributed by atoms with van der Waals surface area (Å²) in [5.41, 5.74) is 0. The van der Waals surface area contributed by atoms with E-state index in [0.717, 1.165) is 83.5 Å². The molecule has 0 radical (unpaired) electrons. The molecule has 338 valence electrons. The lowest BCUT2D eigenvalue weighted by atomic mass is 10.1. The van der Waals surface area contributed by atoms with Crippen molar-refractivity contribution >= 4 is 17.9 Å². The first-order valence-electron chi connectivity index (χ1n) is 25.0. The molecule has 0 fully saturated rings. The maximum absolute atomic E-state index is 12.8. The van der Waals surface area contributed by atoms with Crippen LogP contribution in [0, 0.1) is 0 Å². The summed E-state index contributed by atoms with van der Waals surface area (Å²) >= 11 is 0. The van der Waals surface area contributed by atoms with Crippen LogP contribution in [-0.4, -0.2) is 37.2 Å².